The second-order valence-electron chi connectivity index (χ2n) is 7.88. The molecule has 0 bridgehead atoms. The Bertz CT molecular complexity index is 1080. The molecule has 1 saturated heterocycles. The molecular weight excluding hydrogens is 477 g/mol. The normalized spacial score (nSPS) is 20.3. The fourth-order valence-electron chi connectivity index (χ4n) is 3.62. The largest absolute Gasteiger partial charge is 0.474 e. The van der Waals surface area contributed by atoms with Crippen molar-refractivity contribution in [3.63, 3.8) is 0 Å². The molecule has 14 heteroatoms. The molecular formula is C21H22F5N7O2. The molecule has 9 nitrogen and oxygen atoms in total. The molecule has 1 unspecified atom stereocenters. The van der Waals surface area contributed by atoms with Gasteiger partial charge < -0.3 is 15.0 Å². The highest BCUT2D eigenvalue weighted by Gasteiger charge is 2.47. The highest BCUT2D eigenvalue weighted by Crippen LogP contribution is 2.35. The van der Waals surface area contributed by atoms with Crippen molar-refractivity contribution < 1.29 is 31.5 Å². The van der Waals surface area contributed by atoms with Crippen LogP contribution in [0.3, 0.4) is 0 Å². The number of carbonyl (C=O) groups excluding carboxylic acids is 1. The Morgan fingerprint density at radius 2 is 1.94 bits per heavy atom. The molecule has 3 heterocycles. The van der Waals surface area contributed by atoms with Gasteiger partial charge in [0.15, 0.2) is 11.5 Å². The van der Waals surface area contributed by atoms with Crippen molar-refractivity contribution in [2.75, 3.05) is 20.2 Å². The number of aromatic nitrogens is 4. The molecule has 0 aromatic carbocycles. The number of piperidine rings is 1. The zero-order valence-corrected chi connectivity index (χ0v) is 18.7. The highest BCUT2D eigenvalue weighted by atomic mass is 19.4. The molecule has 2 aromatic heterocycles. The van der Waals surface area contributed by atoms with Crippen LogP contribution in [0.15, 0.2) is 37.1 Å². The van der Waals surface area contributed by atoms with Gasteiger partial charge in [0.25, 0.3) is 11.8 Å². The number of rotatable bonds is 7. The van der Waals surface area contributed by atoms with E-state index in [-0.39, 0.29) is 23.9 Å². The summed E-state index contributed by atoms with van der Waals surface area (Å²) in [6.07, 6.45) is 0.146. The summed E-state index contributed by atoms with van der Waals surface area (Å²) in [6.45, 7) is 0.186. The second kappa shape index (κ2) is 10.3. The lowest BCUT2D eigenvalue weighted by atomic mass is 9.88. The van der Waals surface area contributed by atoms with Crippen LogP contribution in [-0.4, -0.2) is 68.6 Å². The van der Waals surface area contributed by atoms with Crippen LogP contribution in [0, 0.1) is 11.3 Å². The molecule has 1 amide bonds. The summed E-state index contributed by atoms with van der Waals surface area (Å²) in [6, 6.07) is 0.621. The summed E-state index contributed by atoms with van der Waals surface area (Å²) in [7, 11) is 1.53. The van der Waals surface area contributed by atoms with Crippen LogP contribution >= 0.6 is 0 Å². The summed E-state index contributed by atoms with van der Waals surface area (Å²) in [5.41, 5.74) is -1.84. The molecule has 1 aliphatic heterocycles. The fourth-order valence-corrected chi connectivity index (χ4v) is 3.62. The predicted octanol–water partition coefficient (Wildman–Crippen LogP) is 2.82. The Morgan fingerprint density at radius 1 is 1.26 bits per heavy atom. The van der Waals surface area contributed by atoms with Gasteiger partial charge in [-0.1, -0.05) is 6.92 Å². The highest BCUT2D eigenvalue weighted by molar-refractivity contribution is 6.54. The summed E-state index contributed by atoms with van der Waals surface area (Å²) in [5.74, 6) is -5.20. The minimum absolute atomic E-state index is 0.00656. The number of likely N-dealkylation sites (tertiary alicyclic amines) is 1. The standard InChI is InChI=1S/C21H22F5N7O2/c1-12-6-20(22,23)11-33(14(12)10-35-16-9-31-15(8-32-16)21(24,25)26)19(34)17(27)13(7-28-2)18-29-4-3-5-30-18/h3-5,7-9,12,14,27-28H,6,10-11H2,1-2H3/b13-7+,27-17?/t12-,14?/m1/s1. The van der Waals surface area contributed by atoms with Crippen molar-refractivity contribution in [1.82, 2.24) is 30.2 Å². The van der Waals surface area contributed by atoms with E-state index in [0.29, 0.717) is 6.20 Å². The van der Waals surface area contributed by atoms with Crippen molar-refractivity contribution >= 4 is 17.2 Å². The first kappa shape index (κ1) is 25.9. The first-order valence-corrected chi connectivity index (χ1v) is 10.4. The van der Waals surface area contributed by atoms with Crippen LogP contribution in [0.1, 0.15) is 24.9 Å². The maximum absolute atomic E-state index is 14.4. The molecule has 0 spiro atoms. The SMILES string of the molecule is CN/C=C(\C(=N)C(=O)N1CC(F)(F)C[C@@H](C)C1COc1cnc(C(F)(F)F)cn1)c1ncccn1. The fraction of sp³-hybridized carbons (Fsp3) is 0.429. The molecule has 0 aliphatic carbocycles. The molecule has 188 valence electrons. The average molecular weight is 499 g/mol. The predicted molar refractivity (Wildman–Crippen MR) is 114 cm³/mol. The van der Waals surface area contributed by atoms with E-state index in [1.54, 1.807) is 0 Å². The van der Waals surface area contributed by atoms with Gasteiger partial charge in [-0.15, -0.1) is 0 Å². The minimum Gasteiger partial charge on any atom is -0.474 e. The van der Waals surface area contributed by atoms with E-state index >= 15 is 0 Å². The van der Waals surface area contributed by atoms with Gasteiger partial charge in [-0.25, -0.2) is 28.7 Å². The van der Waals surface area contributed by atoms with Gasteiger partial charge in [0.1, 0.15) is 12.3 Å². The van der Waals surface area contributed by atoms with E-state index in [9.17, 15) is 26.7 Å². The topological polar surface area (TPSA) is 117 Å². The van der Waals surface area contributed by atoms with E-state index in [4.69, 9.17) is 10.1 Å². The number of carbonyl (C=O) groups is 1. The number of hydrogen-bond donors (Lipinski definition) is 2. The number of alkyl halides is 5. The molecule has 35 heavy (non-hydrogen) atoms. The number of hydrogen-bond acceptors (Lipinski definition) is 8. The smallest absolute Gasteiger partial charge is 0.434 e. The van der Waals surface area contributed by atoms with Crippen molar-refractivity contribution in [2.45, 2.75) is 31.5 Å². The van der Waals surface area contributed by atoms with Crippen LogP contribution in [0.2, 0.25) is 0 Å². The van der Waals surface area contributed by atoms with E-state index in [2.05, 4.69) is 25.3 Å². The van der Waals surface area contributed by atoms with Gasteiger partial charge in [-0.05, 0) is 12.0 Å². The zero-order valence-electron chi connectivity index (χ0n) is 18.7. The summed E-state index contributed by atoms with van der Waals surface area (Å²) in [5, 5.41) is 11.1. The Hall–Kier alpha value is -3.71. The first-order valence-electron chi connectivity index (χ1n) is 10.4. The molecule has 2 aromatic rings. The van der Waals surface area contributed by atoms with Gasteiger partial charge in [0.05, 0.1) is 30.6 Å². The van der Waals surface area contributed by atoms with Crippen LogP contribution < -0.4 is 10.1 Å². The van der Waals surface area contributed by atoms with Crippen molar-refractivity contribution in [2.24, 2.45) is 5.92 Å². The van der Waals surface area contributed by atoms with E-state index < -0.39 is 54.3 Å². The van der Waals surface area contributed by atoms with Crippen molar-refractivity contribution in [1.29, 1.82) is 5.41 Å². The molecule has 0 saturated carbocycles. The van der Waals surface area contributed by atoms with Crippen LogP contribution in [-0.2, 0) is 11.0 Å². The lowest BCUT2D eigenvalue weighted by Crippen LogP contribution is -2.58. The molecule has 1 fully saturated rings. The minimum atomic E-state index is -4.68. The van der Waals surface area contributed by atoms with Gasteiger partial charge >= 0.3 is 6.18 Å². The molecule has 0 radical (unpaired) electrons. The maximum atomic E-state index is 14.4. The molecule has 3 rings (SSSR count). The van der Waals surface area contributed by atoms with Crippen LogP contribution in [0.4, 0.5) is 22.0 Å². The number of nitrogens with zero attached hydrogens (tertiary/aromatic N) is 5. The van der Waals surface area contributed by atoms with Gasteiger partial charge in [0.2, 0.25) is 5.88 Å². The first-order chi connectivity index (χ1) is 16.4. The Balaban J connectivity index is 1.83. The lowest BCUT2D eigenvalue weighted by Gasteiger charge is -2.43. The van der Waals surface area contributed by atoms with E-state index in [1.807, 2.05) is 0 Å². The molecule has 1 aliphatic rings. The third kappa shape index (κ3) is 6.25. The third-order valence-electron chi connectivity index (χ3n) is 5.24. The van der Waals surface area contributed by atoms with E-state index in [1.165, 1.54) is 38.6 Å². The van der Waals surface area contributed by atoms with Gasteiger partial charge in [0, 0.05) is 32.1 Å². The summed E-state index contributed by atoms with van der Waals surface area (Å²) >= 11 is 0. The second-order valence-corrected chi connectivity index (χ2v) is 7.88. The van der Waals surface area contributed by atoms with Crippen LogP contribution in [0.5, 0.6) is 5.88 Å². The van der Waals surface area contributed by atoms with E-state index in [0.717, 1.165) is 11.1 Å². The zero-order chi connectivity index (χ0) is 25.8. The molecule has 2 atom stereocenters. The van der Waals surface area contributed by atoms with Gasteiger partial charge in [-0.2, -0.15) is 13.2 Å². The summed E-state index contributed by atoms with van der Waals surface area (Å²) in [4.78, 5) is 28.9. The van der Waals surface area contributed by atoms with Crippen molar-refractivity contribution in [3.05, 3.63) is 48.6 Å². The quantitative estimate of drug-likeness (QED) is 0.445. The Labute approximate surface area is 197 Å². The Kier molecular flexibility index (Phi) is 7.60. The Morgan fingerprint density at radius 3 is 2.51 bits per heavy atom. The van der Waals surface area contributed by atoms with Gasteiger partial charge in [-0.3, -0.25) is 10.2 Å². The number of amides is 1. The molecule has 2 N–H and O–H groups in total. The monoisotopic (exact) mass is 499 g/mol. The number of halogens is 5. The summed E-state index contributed by atoms with van der Waals surface area (Å²) < 4.78 is 72.3. The van der Waals surface area contributed by atoms with Crippen molar-refractivity contribution in [3.8, 4) is 5.88 Å². The average Bonchev–Trinajstić information content (AvgIpc) is 2.80. The number of ether oxygens (including phenoxy) is 1. The van der Waals surface area contributed by atoms with Crippen LogP contribution in [0.25, 0.3) is 5.57 Å². The third-order valence-corrected chi connectivity index (χ3v) is 5.24. The number of nitrogens with one attached hydrogen (secondary N) is 2. The maximum Gasteiger partial charge on any atom is 0.434 e. The lowest BCUT2D eigenvalue weighted by molar-refractivity contribution is -0.148.